The average Bonchev–Trinajstić information content (AvgIpc) is 2.44. The molecule has 0 fully saturated rings. The quantitative estimate of drug-likeness (QED) is 0.366. The molecular weight excluding hydrogens is 295 g/mol. The van der Waals surface area contributed by atoms with E-state index in [1.165, 1.54) is 36.4 Å². The van der Waals surface area contributed by atoms with Crippen LogP contribution in [0.4, 0.5) is 4.39 Å². The van der Waals surface area contributed by atoms with Crippen LogP contribution in [-0.2, 0) is 4.79 Å². The first-order valence-corrected chi connectivity index (χ1v) is 6.17. The van der Waals surface area contributed by atoms with Gasteiger partial charge in [0.2, 0.25) is 5.91 Å². The van der Waals surface area contributed by atoms with Crippen molar-refractivity contribution in [2.24, 2.45) is 5.73 Å². The summed E-state index contributed by atoms with van der Waals surface area (Å²) in [4.78, 5) is 21.0. The van der Waals surface area contributed by atoms with Gasteiger partial charge in [0.15, 0.2) is 0 Å². The number of hydrogen-bond donors (Lipinski definition) is 2. The van der Waals surface area contributed by atoms with E-state index in [0.717, 1.165) is 12.1 Å². The van der Waals surface area contributed by atoms with Crippen molar-refractivity contribution < 1.29 is 14.0 Å². The van der Waals surface area contributed by atoms with Crippen LogP contribution in [0.2, 0.25) is 0 Å². The molecule has 0 atom stereocenters. The van der Waals surface area contributed by atoms with Gasteiger partial charge < -0.3 is 11.1 Å². The number of primary amides is 1. The molecule has 0 spiro atoms. The predicted molar refractivity (Wildman–Crippen MR) is 80.0 cm³/mol. The molecule has 1 rings (SSSR count). The second-order valence-corrected chi connectivity index (χ2v) is 4.35. The highest BCUT2D eigenvalue weighted by Gasteiger charge is 2.06. The van der Waals surface area contributed by atoms with Crippen LogP contribution in [0.25, 0.3) is 0 Å². The van der Waals surface area contributed by atoms with Crippen molar-refractivity contribution >= 4 is 29.5 Å². The van der Waals surface area contributed by atoms with Crippen LogP contribution in [0.3, 0.4) is 0 Å². The highest BCUT2D eigenvalue weighted by molar-refractivity contribution is 6.31. The lowest BCUT2D eigenvalue weighted by Crippen LogP contribution is -2.05. The van der Waals surface area contributed by atoms with Gasteiger partial charge in [-0.05, 0) is 30.4 Å². The van der Waals surface area contributed by atoms with Gasteiger partial charge in [0.05, 0.1) is 5.71 Å². The van der Waals surface area contributed by atoms with E-state index in [1.54, 1.807) is 0 Å². The second kappa shape index (κ2) is 7.91. The van der Waals surface area contributed by atoms with Gasteiger partial charge >= 0.3 is 0 Å². The van der Waals surface area contributed by atoms with Crippen LogP contribution in [0.15, 0.2) is 53.6 Å². The lowest BCUT2D eigenvalue weighted by Gasteiger charge is -2.01. The van der Waals surface area contributed by atoms with E-state index < -0.39 is 11.7 Å². The molecule has 0 saturated heterocycles. The molecule has 0 heterocycles. The van der Waals surface area contributed by atoms with E-state index >= 15 is 0 Å². The molecule has 1 amide bonds. The number of allylic oxidation sites excluding steroid dienone is 5. The van der Waals surface area contributed by atoms with Gasteiger partial charge in [0, 0.05) is 22.2 Å². The third kappa shape index (κ3) is 5.54. The second-order valence-electron chi connectivity index (χ2n) is 3.92. The Balaban J connectivity index is 2.81. The summed E-state index contributed by atoms with van der Waals surface area (Å²) in [5, 5.41) is 7.96. The van der Waals surface area contributed by atoms with Crippen LogP contribution in [0.5, 0.6) is 0 Å². The Hall–Kier alpha value is -2.53. The molecule has 0 saturated carbocycles. The van der Waals surface area contributed by atoms with E-state index in [1.807, 2.05) is 0 Å². The van der Waals surface area contributed by atoms with Gasteiger partial charge in [-0.1, -0.05) is 23.7 Å². The molecule has 21 heavy (non-hydrogen) atoms. The Bertz CT molecular complexity index is 664. The molecule has 4 nitrogen and oxygen atoms in total. The number of aldehydes is 1. The van der Waals surface area contributed by atoms with Crippen molar-refractivity contribution in [2.45, 2.75) is 0 Å². The molecule has 1 aromatic carbocycles. The lowest BCUT2D eigenvalue weighted by molar-refractivity contribution is -0.113. The summed E-state index contributed by atoms with van der Waals surface area (Å²) < 4.78 is 13.6. The van der Waals surface area contributed by atoms with E-state index in [9.17, 15) is 14.0 Å². The van der Waals surface area contributed by atoms with Crippen LogP contribution >= 0.6 is 11.6 Å². The first kappa shape index (κ1) is 16.5. The Morgan fingerprint density at radius 2 is 2.00 bits per heavy atom. The molecule has 1 aromatic rings. The van der Waals surface area contributed by atoms with Crippen molar-refractivity contribution in [3.63, 3.8) is 0 Å². The third-order valence-corrected chi connectivity index (χ3v) is 2.60. The van der Waals surface area contributed by atoms with Crippen molar-refractivity contribution in [1.82, 2.24) is 0 Å². The number of nitrogens with two attached hydrogens (primary N) is 1. The summed E-state index contributed by atoms with van der Waals surface area (Å²) in [5.41, 5.74) is 5.09. The molecule has 6 heteroatoms. The van der Waals surface area contributed by atoms with Crippen LogP contribution < -0.4 is 5.73 Å². The number of amides is 1. The standard InChI is InChI=1S/C15H12ClFN2O2/c16-11(5-7-15(19)21)2-1-3-14(18)12-6-4-10(9-20)8-13(12)17/h1-9,18H,(H2,19,21)/b3-1-,7-5+,11-2-,18-14?. The smallest absolute Gasteiger partial charge is 0.241 e. The Kier molecular flexibility index (Phi) is 6.23. The summed E-state index contributed by atoms with van der Waals surface area (Å²) in [7, 11) is 0. The minimum Gasteiger partial charge on any atom is -0.366 e. The average molecular weight is 307 g/mol. The van der Waals surface area contributed by atoms with Crippen molar-refractivity contribution in [1.29, 1.82) is 5.41 Å². The number of rotatable bonds is 6. The van der Waals surface area contributed by atoms with Crippen LogP contribution in [0, 0.1) is 11.2 Å². The zero-order valence-electron chi connectivity index (χ0n) is 10.8. The zero-order chi connectivity index (χ0) is 15.8. The highest BCUT2D eigenvalue weighted by atomic mass is 35.5. The maximum atomic E-state index is 13.6. The normalized spacial score (nSPS) is 12.0. The number of hydrogen-bond acceptors (Lipinski definition) is 3. The molecule has 0 unspecified atom stereocenters. The van der Waals surface area contributed by atoms with Crippen molar-refractivity contribution in [2.75, 3.05) is 0 Å². The highest BCUT2D eigenvalue weighted by Crippen LogP contribution is 2.11. The van der Waals surface area contributed by atoms with Gasteiger partial charge in [-0.15, -0.1) is 0 Å². The number of carbonyl (C=O) groups is 2. The summed E-state index contributed by atoms with van der Waals surface area (Å²) in [6, 6.07) is 3.83. The number of carbonyl (C=O) groups excluding carboxylic acids is 2. The molecule has 0 aliphatic carbocycles. The van der Waals surface area contributed by atoms with E-state index in [-0.39, 0.29) is 21.9 Å². The first-order valence-electron chi connectivity index (χ1n) is 5.79. The summed E-state index contributed by atoms with van der Waals surface area (Å²) in [6.45, 7) is 0. The Labute approximate surface area is 125 Å². The molecule has 0 radical (unpaired) electrons. The molecule has 3 N–H and O–H groups in total. The van der Waals surface area contributed by atoms with Gasteiger partial charge in [-0.2, -0.15) is 0 Å². The van der Waals surface area contributed by atoms with E-state index in [0.29, 0.717) is 6.29 Å². The van der Waals surface area contributed by atoms with Crippen LogP contribution in [0.1, 0.15) is 15.9 Å². The summed E-state index contributed by atoms with van der Waals surface area (Å²) >= 11 is 5.76. The molecule has 0 aliphatic heterocycles. The number of nitrogens with one attached hydrogen (secondary N) is 1. The monoisotopic (exact) mass is 306 g/mol. The number of benzene rings is 1. The van der Waals surface area contributed by atoms with Gasteiger partial charge in [-0.25, -0.2) is 4.39 Å². The van der Waals surface area contributed by atoms with E-state index in [4.69, 9.17) is 22.7 Å². The van der Waals surface area contributed by atoms with Crippen molar-refractivity contribution in [3.8, 4) is 0 Å². The zero-order valence-corrected chi connectivity index (χ0v) is 11.6. The minimum absolute atomic E-state index is 0.0639. The summed E-state index contributed by atoms with van der Waals surface area (Å²) in [5.74, 6) is -1.28. The Morgan fingerprint density at radius 1 is 1.29 bits per heavy atom. The largest absolute Gasteiger partial charge is 0.366 e. The lowest BCUT2D eigenvalue weighted by atomic mass is 10.1. The molecule has 0 bridgehead atoms. The SMILES string of the molecule is N=C(\C=C/C=C(Cl)/C=C/C(N)=O)c1ccc(C=O)cc1F. The molecule has 0 aromatic heterocycles. The number of halogens is 2. The fourth-order valence-electron chi connectivity index (χ4n) is 1.37. The fraction of sp³-hybridized carbons (Fsp3) is 0. The minimum atomic E-state index is -0.655. The Morgan fingerprint density at radius 3 is 2.57 bits per heavy atom. The molecule has 0 aliphatic rings. The maximum absolute atomic E-state index is 13.6. The maximum Gasteiger partial charge on any atom is 0.241 e. The fourth-order valence-corrected chi connectivity index (χ4v) is 1.50. The molecular formula is C15H12ClFN2O2. The topological polar surface area (TPSA) is 84.0 Å². The third-order valence-electron chi connectivity index (χ3n) is 2.34. The van der Waals surface area contributed by atoms with Crippen LogP contribution in [-0.4, -0.2) is 17.9 Å². The predicted octanol–water partition coefficient (Wildman–Crippen LogP) is 2.73. The molecule has 108 valence electrons. The summed E-state index contributed by atoms with van der Waals surface area (Å²) in [6.07, 6.45) is 7.11. The van der Waals surface area contributed by atoms with Gasteiger partial charge in [0.1, 0.15) is 12.1 Å². The van der Waals surface area contributed by atoms with Crippen molar-refractivity contribution in [3.05, 3.63) is 70.6 Å². The first-order chi connectivity index (χ1) is 9.93. The van der Waals surface area contributed by atoms with E-state index in [2.05, 4.69) is 0 Å². The van der Waals surface area contributed by atoms with Gasteiger partial charge in [0.25, 0.3) is 0 Å². The van der Waals surface area contributed by atoms with Gasteiger partial charge in [-0.3, -0.25) is 9.59 Å².